The maximum Gasteiger partial charge on any atom is 0.252 e. The number of carbonyl (C=O) groups is 1. The van der Waals surface area contributed by atoms with Gasteiger partial charge in [-0.1, -0.05) is 30.3 Å². The van der Waals surface area contributed by atoms with Crippen molar-refractivity contribution >= 4 is 5.91 Å². The molecule has 1 fully saturated rings. The van der Waals surface area contributed by atoms with Crippen LogP contribution in [-0.2, 0) is 11.3 Å². The number of nitrogens with one attached hydrogen (secondary N) is 1. The number of morpholine rings is 1. The van der Waals surface area contributed by atoms with Crippen molar-refractivity contribution in [2.24, 2.45) is 0 Å². The van der Waals surface area contributed by atoms with Gasteiger partial charge in [-0.2, -0.15) is 0 Å². The number of rotatable bonds is 5. The van der Waals surface area contributed by atoms with Gasteiger partial charge >= 0.3 is 0 Å². The molecule has 2 heterocycles. The van der Waals surface area contributed by atoms with Crippen LogP contribution in [0.4, 0.5) is 0 Å². The Kier molecular flexibility index (Phi) is 5.56. The summed E-state index contributed by atoms with van der Waals surface area (Å²) in [5.41, 5.74) is 2.78. The highest BCUT2D eigenvalue weighted by atomic mass is 16.5. The SMILES string of the molecule is Cc1ccc(C(=O)NC[C@H]2CN(Cc3ccccc3)CCO2)cn1. The quantitative estimate of drug-likeness (QED) is 0.914. The zero-order chi connectivity index (χ0) is 16.8. The molecule has 1 aliphatic rings. The minimum atomic E-state index is -0.105. The number of hydrogen-bond acceptors (Lipinski definition) is 4. The second-order valence-corrected chi connectivity index (χ2v) is 6.11. The van der Waals surface area contributed by atoms with Crippen molar-refractivity contribution < 1.29 is 9.53 Å². The lowest BCUT2D eigenvalue weighted by Gasteiger charge is -2.33. The van der Waals surface area contributed by atoms with Crippen molar-refractivity contribution in [3.8, 4) is 0 Å². The van der Waals surface area contributed by atoms with E-state index in [9.17, 15) is 4.79 Å². The number of pyridine rings is 1. The highest BCUT2D eigenvalue weighted by Gasteiger charge is 2.21. The van der Waals surface area contributed by atoms with Gasteiger partial charge in [0, 0.05) is 38.1 Å². The van der Waals surface area contributed by atoms with Crippen LogP contribution in [0.5, 0.6) is 0 Å². The standard InChI is InChI=1S/C19H23N3O2/c1-15-7-8-17(11-20-15)19(23)21-12-18-14-22(9-10-24-18)13-16-5-3-2-4-6-16/h2-8,11,18H,9-10,12-14H2,1H3,(H,21,23)/t18-/m0/s1. The van der Waals surface area contributed by atoms with Crippen LogP contribution >= 0.6 is 0 Å². The Labute approximate surface area is 142 Å². The second-order valence-electron chi connectivity index (χ2n) is 6.11. The van der Waals surface area contributed by atoms with Crippen molar-refractivity contribution in [2.75, 3.05) is 26.2 Å². The number of aromatic nitrogens is 1. The molecule has 1 atom stereocenters. The van der Waals surface area contributed by atoms with E-state index in [1.54, 1.807) is 12.3 Å². The van der Waals surface area contributed by atoms with Crippen LogP contribution in [0.1, 0.15) is 21.6 Å². The molecule has 2 aromatic rings. The molecule has 1 aliphatic heterocycles. The number of amides is 1. The molecule has 0 unspecified atom stereocenters. The first-order valence-electron chi connectivity index (χ1n) is 8.29. The fourth-order valence-electron chi connectivity index (χ4n) is 2.80. The predicted molar refractivity (Wildman–Crippen MR) is 92.8 cm³/mol. The fourth-order valence-corrected chi connectivity index (χ4v) is 2.80. The van der Waals surface area contributed by atoms with Gasteiger partial charge in [-0.05, 0) is 24.6 Å². The lowest BCUT2D eigenvalue weighted by molar-refractivity contribution is -0.0292. The van der Waals surface area contributed by atoms with Crippen LogP contribution in [0.25, 0.3) is 0 Å². The van der Waals surface area contributed by atoms with Gasteiger partial charge in [0.15, 0.2) is 0 Å². The highest BCUT2D eigenvalue weighted by Crippen LogP contribution is 2.10. The molecule has 1 saturated heterocycles. The average Bonchev–Trinajstić information content (AvgIpc) is 2.61. The summed E-state index contributed by atoms with van der Waals surface area (Å²) in [6, 6.07) is 14.1. The van der Waals surface area contributed by atoms with Gasteiger partial charge in [-0.25, -0.2) is 0 Å². The van der Waals surface area contributed by atoms with E-state index in [4.69, 9.17) is 4.74 Å². The molecule has 1 aromatic carbocycles. The Balaban J connectivity index is 1.48. The number of benzene rings is 1. The van der Waals surface area contributed by atoms with Gasteiger partial charge in [-0.3, -0.25) is 14.7 Å². The summed E-state index contributed by atoms with van der Waals surface area (Å²) >= 11 is 0. The van der Waals surface area contributed by atoms with Gasteiger partial charge in [-0.15, -0.1) is 0 Å². The Morgan fingerprint density at radius 2 is 2.12 bits per heavy atom. The Morgan fingerprint density at radius 1 is 1.29 bits per heavy atom. The Bertz CT molecular complexity index is 658. The van der Waals surface area contributed by atoms with E-state index in [2.05, 4.69) is 39.5 Å². The van der Waals surface area contributed by atoms with Crippen LogP contribution < -0.4 is 5.32 Å². The number of nitrogens with zero attached hydrogens (tertiary/aromatic N) is 2. The molecule has 24 heavy (non-hydrogen) atoms. The molecule has 1 N–H and O–H groups in total. The molecule has 0 aliphatic carbocycles. The lowest BCUT2D eigenvalue weighted by atomic mass is 10.2. The summed E-state index contributed by atoms with van der Waals surface area (Å²) in [5, 5.41) is 2.94. The monoisotopic (exact) mass is 325 g/mol. The second kappa shape index (κ2) is 8.04. The average molecular weight is 325 g/mol. The molecule has 0 radical (unpaired) electrons. The van der Waals surface area contributed by atoms with Crippen molar-refractivity contribution in [1.82, 2.24) is 15.2 Å². The number of carbonyl (C=O) groups excluding carboxylic acids is 1. The van der Waals surface area contributed by atoms with Crippen molar-refractivity contribution in [3.63, 3.8) is 0 Å². The maximum absolute atomic E-state index is 12.2. The minimum absolute atomic E-state index is 0.0184. The predicted octanol–water partition coefficient (Wildman–Crippen LogP) is 2.02. The number of aryl methyl sites for hydroxylation is 1. The van der Waals surface area contributed by atoms with Gasteiger partial charge < -0.3 is 10.1 Å². The third kappa shape index (κ3) is 4.63. The summed E-state index contributed by atoms with van der Waals surface area (Å²) in [5.74, 6) is -0.105. The molecule has 126 valence electrons. The van der Waals surface area contributed by atoms with E-state index in [1.165, 1.54) is 5.56 Å². The van der Waals surface area contributed by atoms with Crippen molar-refractivity contribution in [2.45, 2.75) is 19.6 Å². The zero-order valence-electron chi connectivity index (χ0n) is 13.9. The van der Waals surface area contributed by atoms with E-state index in [-0.39, 0.29) is 12.0 Å². The minimum Gasteiger partial charge on any atom is -0.374 e. The molecule has 0 saturated carbocycles. The van der Waals surface area contributed by atoms with Crippen LogP contribution in [0, 0.1) is 6.92 Å². The normalized spacial score (nSPS) is 18.3. The van der Waals surface area contributed by atoms with E-state index in [0.29, 0.717) is 18.7 Å². The van der Waals surface area contributed by atoms with Gasteiger partial charge in [0.05, 0.1) is 18.3 Å². The summed E-state index contributed by atoms with van der Waals surface area (Å²) in [4.78, 5) is 18.7. The molecule has 1 amide bonds. The van der Waals surface area contributed by atoms with Crippen LogP contribution in [0.3, 0.4) is 0 Å². The third-order valence-corrected chi connectivity index (χ3v) is 4.14. The van der Waals surface area contributed by atoms with Crippen LogP contribution in [0.15, 0.2) is 48.7 Å². The molecular formula is C19H23N3O2. The summed E-state index contributed by atoms with van der Waals surface area (Å²) in [6.45, 7) is 5.76. The Hall–Kier alpha value is -2.24. The van der Waals surface area contributed by atoms with E-state index in [0.717, 1.165) is 25.3 Å². The third-order valence-electron chi connectivity index (χ3n) is 4.14. The van der Waals surface area contributed by atoms with Crippen molar-refractivity contribution in [3.05, 3.63) is 65.5 Å². The van der Waals surface area contributed by atoms with E-state index in [1.807, 2.05) is 19.1 Å². The first-order chi connectivity index (χ1) is 11.7. The smallest absolute Gasteiger partial charge is 0.252 e. The molecular weight excluding hydrogens is 302 g/mol. The molecule has 3 rings (SSSR count). The molecule has 0 spiro atoms. The molecule has 0 bridgehead atoms. The number of hydrogen-bond donors (Lipinski definition) is 1. The summed E-state index contributed by atoms with van der Waals surface area (Å²) in [7, 11) is 0. The molecule has 1 aromatic heterocycles. The Morgan fingerprint density at radius 3 is 2.88 bits per heavy atom. The highest BCUT2D eigenvalue weighted by molar-refractivity contribution is 5.93. The largest absolute Gasteiger partial charge is 0.374 e. The summed E-state index contributed by atoms with van der Waals surface area (Å²) in [6.07, 6.45) is 1.62. The maximum atomic E-state index is 12.2. The van der Waals surface area contributed by atoms with E-state index >= 15 is 0 Å². The topological polar surface area (TPSA) is 54.5 Å². The summed E-state index contributed by atoms with van der Waals surface area (Å²) < 4.78 is 5.78. The van der Waals surface area contributed by atoms with Gasteiger partial charge in [0.1, 0.15) is 0 Å². The van der Waals surface area contributed by atoms with Crippen LogP contribution in [0.2, 0.25) is 0 Å². The fraction of sp³-hybridized carbons (Fsp3) is 0.368. The van der Waals surface area contributed by atoms with Crippen LogP contribution in [-0.4, -0.2) is 48.1 Å². The van der Waals surface area contributed by atoms with Gasteiger partial charge in [0.2, 0.25) is 0 Å². The van der Waals surface area contributed by atoms with Crippen molar-refractivity contribution in [1.29, 1.82) is 0 Å². The first kappa shape index (κ1) is 16.6. The lowest BCUT2D eigenvalue weighted by Crippen LogP contribution is -2.47. The number of ether oxygens (including phenoxy) is 1. The molecule has 5 nitrogen and oxygen atoms in total. The molecule has 5 heteroatoms. The van der Waals surface area contributed by atoms with E-state index < -0.39 is 0 Å². The van der Waals surface area contributed by atoms with Gasteiger partial charge in [0.25, 0.3) is 5.91 Å². The zero-order valence-corrected chi connectivity index (χ0v) is 13.9. The first-order valence-corrected chi connectivity index (χ1v) is 8.29.